The second-order valence-electron chi connectivity index (χ2n) is 7.58. The van der Waals surface area contributed by atoms with Crippen molar-refractivity contribution >= 4 is 12.0 Å². The molecule has 0 amide bonds. The molecule has 1 N–H and O–H groups in total. The Morgan fingerprint density at radius 2 is 1.88 bits per heavy atom. The number of rotatable bonds is 5. The zero-order valence-electron chi connectivity index (χ0n) is 15.7. The van der Waals surface area contributed by atoms with E-state index in [-0.39, 0.29) is 6.04 Å². The number of nitrogens with zero attached hydrogens (tertiary/aromatic N) is 1. The van der Waals surface area contributed by atoms with Crippen LogP contribution in [0.15, 0.2) is 54.6 Å². The van der Waals surface area contributed by atoms with Crippen molar-refractivity contribution in [3.8, 4) is 0 Å². The Morgan fingerprint density at radius 3 is 2.54 bits per heavy atom. The van der Waals surface area contributed by atoms with Gasteiger partial charge < -0.3 is 5.11 Å². The summed E-state index contributed by atoms with van der Waals surface area (Å²) >= 11 is 0. The third-order valence-electron chi connectivity index (χ3n) is 5.01. The van der Waals surface area contributed by atoms with Gasteiger partial charge in [-0.1, -0.05) is 62.4 Å². The largest absolute Gasteiger partial charge is 0.478 e. The van der Waals surface area contributed by atoms with E-state index in [1.54, 1.807) is 6.08 Å². The Hall–Kier alpha value is -2.39. The Balaban J connectivity index is 1.99. The summed E-state index contributed by atoms with van der Waals surface area (Å²) in [5.41, 5.74) is 4.99. The summed E-state index contributed by atoms with van der Waals surface area (Å²) in [6.07, 6.45) is 3.90. The summed E-state index contributed by atoms with van der Waals surface area (Å²) in [7, 11) is 0. The minimum atomic E-state index is -0.924. The maximum Gasteiger partial charge on any atom is 0.328 e. The van der Waals surface area contributed by atoms with Gasteiger partial charge in [0.1, 0.15) is 0 Å². The SMILES string of the molecule is CC(C)CN1[C@H](c2ccc(/C=C/C(=O)O)cc2)c2ccccc2C[C@H]1C. The van der Waals surface area contributed by atoms with Crippen molar-refractivity contribution in [1.29, 1.82) is 0 Å². The van der Waals surface area contributed by atoms with Crippen LogP contribution in [0.25, 0.3) is 6.08 Å². The molecule has 136 valence electrons. The number of hydrogen-bond acceptors (Lipinski definition) is 2. The van der Waals surface area contributed by atoms with Crippen LogP contribution < -0.4 is 0 Å². The lowest BCUT2D eigenvalue weighted by Gasteiger charge is -2.43. The topological polar surface area (TPSA) is 40.5 Å². The first kappa shape index (κ1) is 18.4. The lowest BCUT2D eigenvalue weighted by atomic mass is 9.84. The van der Waals surface area contributed by atoms with Crippen molar-refractivity contribution in [2.24, 2.45) is 5.92 Å². The molecule has 3 rings (SSSR count). The molecule has 0 fully saturated rings. The molecule has 2 aromatic rings. The second-order valence-corrected chi connectivity index (χ2v) is 7.58. The average molecular weight is 349 g/mol. The molecule has 0 saturated heterocycles. The standard InChI is InChI=1S/C23H27NO2/c1-16(2)15-24-17(3)14-20-6-4-5-7-21(20)23(24)19-11-8-18(9-12-19)10-13-22(25)26/h4-13,16-17,23H,14-15H2,1-3H3,(H,25,26)/b13-10+/t17-,23-/m1/s1. The van der Waals surface area contributed by atoms with Crippen LogP contribution in [-0.4, -0.2) is 28.6 Å². The molecule has 0 saturated carbocycles. The average Bonchev–Trinajstić information content (AvgIpc) is 2.61. The van der Waals surface area contributed by atoms with E-state index in [0.717, 1.165) is 18.5 Å². The molecular weight excluding hydrogens is 322 g/mol. The van der Waals surface area contributed by atoms with Crippen LogP contribution in [-0.2, 0) is 11.2 Å². The Labute approximate surface area is 156 Å². The number of benzene rings is 2. The zero-order valence-corrected chi connectivity index (χ0v) is 15.7. The van der Waals surface area contributed by atoms with E-state index < -0.39 is 5.97 Å². The predicted molar refractivity (Wildman–Crippen MR) is 106 cm³/mol. The predicted octanol–water partition coefficient (Wildman–Crippen LogP) is 4.78. The van der Waals surface area contributed by atoms with Crippen molar-refractivity contribution in [3.05, 3.63) is 76.9 Å². The van der Waals surface area contributed by atoms with Crippen LogP contribution in [0.4, 0.5) is 0 Å². The smallest absolute Gasteiger partial charge is 0.328 e. The van der Waals surface area contributed by atoms with Gasteiger partial charge >= 0.3 is 5.97 Å². The lowest BCUT2D eigenvalue weighted by molar-refractivity contribution is -0.131. The van der Waals surface area contributed by atoms with Gasteiger partial charge in [-0.3, -0.25) is 4.90 Å². The summed E-state index contributed by atoms with van der Waals surface area (Å²) in [6.45, 7) is 7.91. The molecule has 2 atom stereocenters. The van der Waals surface area contributed by atoms with Crippen LogP contribution in [0.3, 0.4) is 0 Å². The molecular formula is C23H27NO2. The minimum Gasteiger partial charge on any atom is -0.478 e. The van der Waals surface area contributed by atoms with Crippen LogP contribution in [0.5, 0.6) is 0 Å². The van der Waals surface area contributed by atoms with Gasteiger partial charge in [0.05, 0.1) is 6.04 Å². The minimum absolute atomic E-state index is 0.245. The summed E-state index contributed by atoms with van der Waals surface area (Å²) in [6, 6.07) is 17.8. The van der Waals surface area contributed by atoms with E-state index in [1.807, 2.05) is 12.1 Å². The third-order valence-corrected chi connectivity index (χ3v) is 5.01. The molecule has 1 aliphatic heterocycles. The fraction of sp³-hybridized carbons (Fsp3) is 0.348. The van der Waals surface area contributed by atoms with Crippen LogP contribution >= 0.6 is 0 Å². The van der Waals surface area contributed by atoms with Gasteiger partial charge in [0.25, 0.3) is 0 Å². The van der Waals surface area contributed by atoms with Gasteiger partial charge in [0, 0.05) is 18.7 Å². The molecule has 1 aliphatic rings. The van der Waals surface area contributed by atoms with Crippen molar-refractivity contribution in [3.63, 3.8) is 0 Å². The quantitative estimate of drug-likeness (QED) is 0.790. The van der Waals surface area contributed by atoms with Crippen LogP contribution in [0.1, 0.15) is 49.1 Å². The van der Waals surface area contributed by atoms with Crippen LogP contribution in [0, 0.1) is 5.92 Å². The Morgan fingerprint density at radius 1 is 1.19 bits per heavy atom. The first-order chi connectivity index (χ1) is 12.5. The van der Waals surface area contributed by atoms with Gasteiger partial charge in [0.15, 0.2) is 0 Å². The highest BCUT2D eigenvalue weighted by Crippen LogP contribution is 2.38. The number of carboxylic acid groups (broad SMARTS) is 1. The van der Waals surface area contributed by atoms with Crippen molar-refractivity contribution < 1.29 is 9.90 Å². The van der Waals surface area contributed by atoms with E-state index in [0.29, 0.717) is 12.0 Å². The first-order valence-electron chi connectivity index (χ1n) is 9.30. The molecule has 3 heteroatoms. The molecule has 0 bridgehead atoms. The lowest BCUT2D eigenvalue weighted by Crippen LogP contribution is -2.44. The molecule has 0 aliphatic carbocycles. The highest BCUT2D eigenvalue weighted by Gasteiger charge is 2.33. The molecule has 0 radical (unpaired) electrons. The van der Waals surface area contributed by atoms with Gasteiger partial charge in [-0.2, -0.15) is 0 Å². The van der Waals surface area contributed by atoms with Gasteiger partial charge in [-0.25, -0.2) is 4.79 Å². The maximum absolute atomic E-state index is 10.7. The van der Waals surface area contributed by atoms with E-state index >= 15 is 0 Å². The number of hydrogen-bond donors (Lipinski definition) is 1. The molecule has 0 aromatic heterocycles. The highest BCUT2D eigenvalue weighted by atomic mass is 16.4. The maximum atomic E-state index is 10.7. The van der Waals surface area contributed by atoms with Crippen LogP contribution in [0.2, 0.25) is 0 Å². The number of aliphatic carboxylic acids is 1. The third kappa shape index (κ3) is 4.05. The molecule has 1 heterocycles. The molecule has 0 spiro atoms. The Kier molecular flexibility index (Phi) is 5.58. The van der Waals surface area contributed by atoms with Crippen molar-refractivity contribution in [2.75, 3.05) is 6.54 Å². The van der Waals surface area contributed by atoms with E-state index in [9.17, 15) is 4.79 Å². The number of fused-ring (bicyclic) bond motifs is 1. The number of carbonyl (C=O) groups is 1. The monoisotopic (exact) mass is 349 g/mol. The molecule has 3 nitrogen and oxygen atoms in total. The summed E-state index contributed by atoms with van der Waals surface area (Å²) in [5.74, 6) is -0.324. The first-order valence-corrected chi connectivity index (χ1v) is 9.30. The van der Waals surface area contributed by atoms with Gasteiger partial charge in [-0.15, -0.1) is 0 Å². The van der Waals surface area contributed by atoms with Gasteiger partial charge in [0.2, 0.25) is 0 Å². The van der Waals surface area contributed by atoms with Crippen molar-refractivity contribution in [1.82, 2.24) is 4.90 Å². The fourth-order valence-electron chi connectivity index (χ4n) is 3.89. The highest BCUT2D eigenvalue weighted by molar-refractivity contribution is 5.85. The molecule has 26 heavy (non-hydrogen) atoms. The van der Waals surface area contributed by atoms with Gasteiger partial charge in [-0.05, 0) is 47.6 Å². The zero-order chi connectivity index (χ0) is 18.7. The molecule has 0 unspecified atom stereocenters. The van der Waals surface area contributed by atoms with E-state index in [4.69, 9.17) is 5.11 Å². The Bertz CT molecular complexity index is 792. The second kappa shape index (κ2) is 7.88. The fourth-order valence-corrected chi connectivity index (χ4v) is 3.89. The molecule has 2 aromatic carbocycles. The number of carboxylic acids is 1. The van der Waals surface area contributed by atoms with E-state index in [2.05, 4.69) is 62.1 Å². The summed E-state index contributed by atoms with van der Waals surface area (Å²) < 4.78 is 0. The summed E-state index contributed by atoms with van der Waals surface area (Å²) in [5, 5.41) is 8.80. The normalized spacial score (nSPS) is 20.5. The summed E-state index contributed by atoms with van der Waals surface area (Å²) in [4.78, 5) is 13.3. The van der Waals surface area contributed by atoms with E-state index in [1.165, 1.54) is 22.8 Å². The van der Waals surface area contributed by atoms with Crippen molar-refractivity contribution in [2.45, 2.75) is 39.3 Å².